The lowest BCUT2D eigenvalue weighted by Crippen LogP contribution is -2.05. The summed E-state index contributed by atoms with van der Waals surface area (Å²) in [6, 6.07) is 8.89. The highest BCUT2D eigenvalue weighted by molar-refractivity contribution is 8.34. The molecular weight excluding hydrogens is 226 g/mol. The lowest BCUT2D eigenvalue weighted by atomic mass is 10.2. The number of fused-ring (bicyclic) bond motifs is 1. The maximum atomic E-state index is 2.41. The Morgan fingerprint density at radius 3 is 2.59 bits per heavy atom. The van der Waals surface area contributed by atoms with E-state index in [4.69, 9.17) is 0 Å². The van der Waals surface area contributed by atoms with E-state index in [1.807, 2.05) is 0 Å². The first-order valence-corrected chi connectivity index (χ1v) is 8.71. The lowest BCUT2D eigenvalue weighted by molar-refractivity contribution is 0.949. The molecule has 2 aromatic rings. The fraction of sp³-hybridized carbons (Fsp3) is 0.467. The van der Waals surface area contributed by atoms with Gasteiger partial charge >= 0.3 is 0 Å². The molecule has 3 rings (SSSR count). The van der Waals surface area contributed by atoms with Crippen molar-refractivity contribution in [1.29, 1.82) is 0 Å². The van der Waals surface area contributed by atoms with E-state index in [-0.39, 0.29) is 0 Å². The highest BCUT2D eigenvalue weighted by Gasteiger charge is 2.30. The van der Waals surface area contributed by atoms with Crippen LogP contribution in [0.4, 0.5) is 0 Å². The SMILES string of the molecule is CCS1(c2cn(C)c3ccccc23)CCCC1. The highest BCUT2D eigenvalue weighted by Crippen LogP contribution is 2.62. The van der Waals surface area contributed by atoms with Crippen LogP contribution in [0.15, 0.2) is 35.4 Å². The van der Waals surface area contributed by atoms with E-state index >= 15 is 0 Å². The number of nitrogens with zero attached hydrogens (tertiary/aromatic N) is 1. The molecular formula is C15H21NS. The van der Waals surface area contributed by atoms with Gasteiger partial charge in [0.25, 0.3) is 0 Å². The van der Waals surface area contributed by atoms with Crippen molar-refractivity contribution in [2.45, 2.75) is 24.7 Å². The molecule has 0 atom stereocenters. The summed E-state index contributed by atoms with van der Waals surface area (Å²) in [5, 5.41) is 1.51. The Morgan fingerprint density at radius 2 is 1.88 bits per heavy atom. The normalized spacial score (nSPS) is 20.8. The molecule has 0 N–H and O–H groups in total. The maximum Gasteiger partial charge on any atom is 0.0488 e. The van der Waals surface area contributed by atoms with Gasteiger partial charge in [-0.25, -0.2) is 10.0 Å². The minimum atomic E-state index is -0.504. The van der Waals surface area contributed by atoms with Crippen LogP contribution in [0.3, 0.4) is 0 Å². The van der Waals surface area contributed by atoms with Crippen LogP contribution in [0.5, 0.6) is 0 Å². The minimum Gasteiger partial charge on any atom is -0.349 e. The van der Waals surface area contributed by atoms with E-state index in [2.05, 4.69) is 49.0 Å². The Hall–Kier alpha value is -0.890. The molecule has 0 saturated carbocycles. The predicted molar refractivity (Wildman–Crippen MR) is 78.3 cm³/mol. The van der Waals surface area contributed by atoms with Crippen molar-refractivity contribution in [1.82, 2.24) is 4.57 Å². The van der Waals surface area contributed by atoms with Gasteiger partial charge in [0.1, 0.15) is 0 Å². The van der Waals surface area contributed by atoms with Crippen LogP contribution >= 0.6 is 10.0 Å². The average Bonchev–Trinajstić information content (AvgIpc) is 2.96. The van der Waals surface area contributed by atoms with Crippen molar-refractivity contribution in [3.8, 4) is 0 Å². The molecule has 0 unspecified atom stereocenters. The molecule has 2 heteroatoms. The summed E-state index contributed by atoms with van der Waals surface area (Å²) in [5.41, 5.74) is 1.40. The molecule has 0 amide bonds. The summed E-state index contributed by atoms with van der Waals surface area (Å²) in [6.45, 7) is 2.39. The van der Waals surface area contributed by atoms with Gasteiger partial charge in [-0.2, -0.15) is 0 Å². The van der Waals surface area contributed by atoms with Crippen molar-refractivity contribution in [3.05, 3.63) is 30.5 Å². The lowest BCUT2D eigenvalue weighted by Gasteiger charge is -2.34. The second-order valence-corrected chi connectivity index (χ2v) is 9.00. The smallest absolute Gasteiger partial charge is 0.0488 e. The predicted octanol–water partition coefficient (Wildman–Crippen LogP) is 4.16. The quantitative estimate of drug-likeness (QED) is 0.751. The molecule has 17 heavy (non-hydrogen) atoms. The molecule has 0 aliphatic carbocycles. The summed E-state index contributed by atoms with van der Waals surface area (Å²) in [5.74, 6) is 4.27. The maximum absolute atomic E-state index is 2.41. The van der Waals surface area contributed by atoms with Crippen LogP contribution in [0.2, 0.25) is 0 Å². The summed E-state index contributed by atoms with van der Waals surface area (Å²) < 4.78 is 2.31. The van der Waals surface area contributed by atoms with Gasteiger partial charge in [0.05, 0.1) is 0 Å². The van der Waals surface area contributed by atoms with E-state index in [0.29, 0.717) is 0 Å². The summed E-state index contributed by atoms with van der Waals surface area (Å²) in [4.78, 5) is 1.68. The first kappa shape index (κ1) is 11.2. The van der Waals surface area contributed by atoms with E-state index in [1.165, 1.54) is 41.0 Å². The van der Waals surface area contributed by atoms with Gasteiger partial charge in [0.15, 0.2) is 0 Å². The zero-order valence-corrected chi connectivity index (χ0v) is 11.6. The summed E-state index contributed by atoms with van der Waals surface area (Å²) in [6.07, 6.45) is 5.29. The molecule has 1 fully saturated rings. The van der Waals surface area contributed by atoms with Crippen molar-refractivity contribution >= 4 is 20.9 Å². The Morgan fingerprint density at radius 1 is 1.18 bits per heavy atom. The minimum absolute atomic E-state index is 0.504. The van der Waals surface area contributed by atoms with Gasteiger partial charge in [-0.05, 0) is 36.2 Å². The van der Waals surface area contributed by atoms with Crippen LogP contribution in [0.1, 0.15) is 19.8 Å². The second-order valence-electron chi connectivity index (χ2n) is 5.07. The largest absolute Gasteiger partial charge is 0.349 e. The van der Waals surface area contributed by atoms with Gasteiger partial charge in [0.2, 0.25) is 0 Å². The monoisotopic (exact) mass is 247 g/mol. The first-order chi connectivity index (χ1) is 8.27. The molecule has 2 heterocycles. The summed E-state index contributed by atoms with van der Waals surface area (Å²) >= 11 is 0. The molecule has 1 aromatic heterocycles. The number of aromatic nitrogens is 1. The number of benzene rings is 1. The Labute approximate surface area is 105 Å². The van der Waals surface area contributed by atoms with Crippen LogP contribution < -0.4 is 0 Å². The van der Waals surface area contributed by atoms with Gasteiger partial charge in [-0.1, -0.05) is 25.1 Å². The molecule has 1 aromatic carbocycles. The van der Waals surface area contributed by atoms with Crippen LogP contribution in [0, 0.1) is 0 Å². The number of rotatable bonds is 2. The Kier molecular flexibility index (Phi) is 2.70. The number of hydrogen-bond donors (Lipinski definition) is 0. The molecule has 1 nitrogen and oxygen atoms in total. The second kappa shape index (κ2) is 4.09. The first-order valence-electron chi connectivity index (χ1n) is 6.57. The molecule has 0 spiro atoms. The van der Waals surface area contributed by atoms with Crippen molar-refractivity contribution < 1.29 is 0 Å². The van der Waals surface area contributed by atoms with Gasteiger partial charge < -0.3 is 4.57 Å². The van der Waals surface area contributed by atoms with Crippen LogP contribution in [-0.4, -0.2) is 21.8 Å². The Bertz CT molecular complexity index is 535. The van der Waals surface area contributed by atoms with E-state index < -0.39 is 10.0 Å². The van der Waals surface area contributed by atoms with E-state index in [9.17, 15) is 0 Å². The molecule has 92 valence electrons. The molecule has 1 saturated heterocycles. The number of para-hydroxylation sites is 1. The van der Waals surface area contributed by atoms with Crippen LogP contribution in [-0.2, 0) is 7.05 Å². The highest BCUT2D eigenvalue weighted by atomic mass is 32.3. The molecule has 1 aliphatic heterocycles. The fourth-order valence-electron chi connectivity index (χ4n) is 3.17. The standard InChI is InChI=1S/C15H21NS/c1-3-17(10-6-7-11-17)15-12-16(2)14-9-5-4-8-13(14)15/h4-5,8-9,12H,3,6-7,10-11H2,1-2H3. The van der Waals surface area contributed by atoms with E-state index in [1.54, 1.807) is 4.90 Å². The number of aryl methyl sites for hydroxylation is 1. The number of hydrogen-bond acceptors (Lipinski definition) is 0. The summed E-state index contributed by atoms with van der Waals surface area (Å²) in [7, 11) is 1.68. The van der Waals surface area contributed by atoms with E-state index in [0.717, 1.165) is 0 Å². The average molecular weight is 247 g/mol. The fourth-order valence-corrected chi connectivity index (χ4v) is 7.24. The van der Waals surface area contributed by atoms with Gasteiger partial charge in [-0.3, -0.25) is 0 Å². The van der Waals surface area contributed by atoms with Crippen molar-refractivity contribution in [2.24, 2.45) is 7.05 Å². The molecule has 0 radical (unpaired) electrons. The molecule has 1 aliphatic rings. The third-order valence-electron chi connectivity index (χ3n) is 4.20. The van der Waals surface area contributed by atoms with Gasteiger partial charge in [-0.15, -0.1) is 0 Å². The topological polar surface area (TPSA) is 4.93 Å². The Balaban J connectivity index is 2.23. The third-order valence-corrected chi connectivity index (χ3v) is 8.70. The van der Waals surface area contributed by atoms with Crippen LogP contribution in [0.25, 0.3) is 10.9 Å². The zero-order chi connectivity index (χ0) is 11.9. The third kappa shape index (κ3) is 1.61. The van der Waals surface area contributed by atoms with Crippen molar-refractivity contribution in [3.63, 3.8) is 0 Å². The van der Waals surface area contributed by atoms with Crippen molar-refractivity contribution in [2.75, 3.05) is 17.3 Å². The van der Waals surface area contributed by atoms with Gasteiger partial charge in [0, 0.05) is 29.0 Å². The molecule has 0 bridgehead atoms. The zero-order valence-electron chi connectivity index (χ0n) is 10.8.